The Balaban J connectivity index is 1.83. The van der Waals surface area contributed by atoms with Gasteiger partial charge in [-0.25, -0.2) is 4.98 Å². The summed E-state index contributed by atoms with van der Waals surface area (Å²) in [5.41, 5.74) is 0.466. The lowest BCUT2D eigenvalue weighted by Gasteiger charge is -2.28. The number of hydrogen-bond acceptors (Lipinski definition) is 5. The number of rotatable bonds is 4. The minimum absolute atomic E-state index is 0.0440. The van der Waals surface area contributed by atoms with Crippen LogP contribution in [0.25, 0.3) is 16.6 Å². The Morgan fingerprint density at radius 3 is 2.57 bits per heavy atom. The molecule has 2 heterocycles. The number of benzene rings is 2. The molecule has 0 saturated carbocycles. The van der Waals surface area contributed by atoms with Crippen LogP contribution in [0.2, 0.25) is 5.02 Å². The van der Waals surface area contributed by atoms with E-state index in [9.17, 15) is 18.0 Å². The predicted molar refractivity (Wildman–Crippen MR) is 107 cm³/mol. The summed E-state index contributed by atoms with van der Waals surface area (Å²) in [7, 11) is 0. The van der Waals surface area contributed by atoms with Crippen LogP contribution < -0.4 is 15.6 Å². The number of nitrogens with zero attached hydrogens (tertiary/aromatic N) is 3. The first-order valence-corrected chi connectivity index (χ1v) is 9.69. The zero-order valence-corrected chi connectivity index (χ0v) is 16.5. The van der Waals surface area contributed by atoms with Crippen molar-refractivity contribution in [1.29, 1.82) is 0 Å². The van der Waals surface area contributed by atoms with Crippen molar-refractivity contribution in [1.82, 2.24) is 19.8 Å². The Bertz CT molecular complexity index is 1130. The van der Waals surface area contributed by atoms with Gasteiger partial charge in [0.2, 0.25) is 0 Å². The van der Waals surface area contributed by atoms with E-state index in [1.54, 1.807) is 24.3 Å². The second-order valence-electron chi connectivity index (χ2n) is 6.87. The summed E-state index contributed by atoms with van der Waals surface area (Å²) in [4.78, 5) is 20.1. The van der Waals surface area contributed by atoms with Crippen molar-refractivity contribution in [2.45, 2.75) is 12.9 Å². The molecule has 0 radical (unpaired) electrons. The van der Waals surface area contributed by atoms with E-state index < -0.39 is 12.1 Å². The van der Waals surface area contributed by atoms with Crippen LogP contribution in [-0.4, -0.2) is 47.0 Å². The quantitative estimate of drug-likeness (QED) is 0.677. The van der Waals surface area contributed by atoms with Gasteiger partial charge in [0.25, 0.3) is 5.56 Å². The molecule has 10 heteroatoms. The molecule has 2 aromatic carbocycles. The number of fused-ring (bicyclic) bond motifs is 1. The van der Waals surface area contributed by atoms with E-state index >= 15 is 0 Å². The zero-order chi connectivity index (χ0) is 21.3. The summed E-state index contributed by atoms with van der Waals surface area (Å²) < 4.78 is 42.8. The van der Waals surface area contributed by atoms with Gasteiger partial charge in [-0.05, 0) is 24.3 Å². The number of piperazine rings is 1. The topological polar surface area (TPSA) is 59.4 Å². The van der Waals surface area contributed by atoms with E-state index in [1.807, 2.05) is 0 Å². The van der Waals surface area contributed by atoms with Crippen molar-refractivity contribution < 1.29 is 17.9 Å². The van der Waals surface area contributed by atoms with Crippen LogP contribution in [0, 0.1) is 0 Å². The van der Waals surface area contributed by atoms with Gasteiger partial charge in [0.15, 0.2) is 0 Å². The van der Waals surface area contributed by atoms with Crippen molar-refractivity contribution in [3.05, 3.63) is 63.7 Å². The summed E-state index contributed by atoms with van der Waals surface area (Å²) in [6.45, 7) is 3.62. The van der Waals surface area contributed by atoms with Gasteiger partial charge in [0.1, 0.15) is 11.6 Å². The number of hydrogen-bond donors (Lipinski definition) is 1. The van der Waals surface area contributed by atoms with Gasteiger partial charge in [0, 0.05) is 32.2 Å². The summed E-state index contributed by atoms with van der Waals surface area (Å²) in [5.74, 6) is 0.00805. The molecule has 30 heavy (non-hydrogen) atoms. The first kappa shape index (κ1) is 20.6. The molecule has 1 aliphatic rings. The Morgan fingerprint density at radius 2 is 1.87 bits per heavy atom. The summed E-state index contributed by atoms with van der Waals surface area (Å²) in [6.07, 6.45) is -4.83. The Labute approximate surface area is 174 Å². The highest BCUT2D eigenvalue weighted by atomic mass is 35.5. The van der Waals surface area contributed by atoms with Crippen molar-refractivity contribution in [2.75, 3.05) is 26.2 Å². The van der Waals surface area contributed by atoms with Gasteiger partial charge >= 0.3 is 6.36 Å². The van der Waals surface area contributed by atoms with Crippen LogP contribution in [0.4, 0.5) is 13.2 Å². The Kier molecular flexibility index (Phi) is 5.68. The molecule has 1 aliphatic heterocycles. The molecule has 3 aromatic rings. The van der Waals surface area contributed by atoms with Gasteiger partial charge in [-0.15, -0.1) is 13.2 Å². The van der Waals surface area contributed by atoms with Crippen LogP contribution in [0.15, 0.2) is 47.3 Å². The van der Waals surface area contributed by atoms with Crippen molar-refractivity contribution in [3.8, 4) is 11.4 Å². The fourth-order valence-corrected chi connectivity index (χ4v) is 3.72. The predicted octanol–water partition coefficient (Wildman–Crippen LogP) is 3.34. The smallest absolute Gasteiger partial charge is 0.406 e. The van der Waals surface area contributed by atoms with E-state index in [1.165, 1.54) is 10.6 Å². The largest absolute Gasteiger partial charge is 0.573 e. The van der Waals surface area contributed by atoms with Crippen molar-refractivity contribution >= 4 is 22.5 Å². The monoisotopic (exact) mass is 438 g/mol. The maximum atomic E-state index is 13.3. The van der Waals surface area contributed by atoms with E-state index in [4.69, 9.17) is 11.6 Å². The molecule has 0 bridgehead atoms. The fourth-order valence-electron chi connectivity index (χ4n) is 3.47. The van der Waals surface area contributed by atoms with Gasteiger partial charge in [-0.3, -0.25) is 14.3 Å². The van der Waals surface area contributed by atoms with Crippen LogP contribution in [0.1, 0.15) is 5.82 Å². The second-order valence-corrected chi connectivity index (χ2v) is 7.28. The highest BCUT2D eigenvalue weighted by molar-refractivity contribution is 6.32. The number of para-hydroxylation sites is 1. The first-order chi connectivity index (χ1) is 14.3. The molecule has 0 atom stereocenters. The SMILES string of the molecule is O=c1c2ccccc2nc(CN2CCNCC2)n1-c1ccc(OC(F)(F)F)cc1Cl. The van der Waals surface area contributed by atoms with Gasteiger partial charge in [-0.2, -0.15) is 0 Å². The van der Waals surface area contributed by atoms with Crippen LogP contribution in [0.5, 0.6) is 5.75 Å². The molecule has 1 aromatic heterocycles. The molecule has 0 amide bonds. The van der Waals surface area contributed by atoms with E-state index in [-0.39, 0.29) is 16.3 Å². The molecule has 1 saturated heterocycles. The van der Waals surface area contributed by atoms with Gasteiger partial charge < -0.3 is 10.1 Å². The number of alkyl halides is 3. The molecule has 1 N–H and O–H groups in total. The van der Waals surface area contributed by atoms with Gasteiger partial charge in [-0.1, -0.05) is 23.7 Å². The zero-order valence-electron chi connectivity index (χ0n) is 15.7. The third-order valence-corrected chi connectivity index (χ3v) is 5.12. The molecule has 0 aliphatic carbocycles. The van der Waals surface area contributed by atoms with E-state index in [0.717, 1.165) is 38.3 Å². The third-order valence-electron chi connectivity index (χ3n) is 4.81. The lowest BCUT2D eigenvalue weighted by Crippen LogP contribution is -2.44. The molecule has 4 rings (SSSR count). The lowest BCUT2D eigenvalue weighted by atomic mass is 10.2. The normalized spacial score (nSPS) is 15.5. The molecule has 0 spiro atoms. The lowest BCUT2D eigenvalue weighted by molar-refractivity contribution is -0.274. The van der Waals surface area contributed by atoms with Crippen LogP contribution in [-0.2, 0) is 6.54 Å². The van der Waals surface area contributed by atoms with Crippen LogP contribution >= 0.6 is 11.6 Å². The maximum Gasteiger partial charge on any atom is 0.573 e. The summed E-state index contributed by atoms with van der Waals surface area (Å²) in [6, 6.07) is 10.4. The third kappa shape index (κ3) is 4.43. The summed E-state index contributed by atoms with van der Waals surface area (Å²) >= 11 is 6.27. The van der Waals surface area contributed by atoms with Gasteiger partial charge in [0.05, 0.1) is 28.2 Å². The van der Waals surface area contributed by atoms with E-state index in [2.05, 4.69) is 19.9 Å². The molecular formula is C20H18ClF3N4O2. The molecule has 0 unspecified atom stereocenters. The number of halogens is 4. The fraction of sp³-hybridized carbons (Fsp3) is 0.300. The van der Waals surface area contributed by atoms with Crippen LogP contribution in [0.3, 0.4) is 0 Å². The molecule has 158 valence electrons. The molecule has 6 nitrogen and oxygen atoms in total. The highest BCUT2D eigenvalue weighted by Gasteiger charge is 2.31. The Hall–Kier alpha value is -2.62. The van der Waals surface area contributed by atoms with E-state index in [0.29, 0.717) is 23.3 Å². The minimum Gasteiger partial charge on any atom is -0.406 e. The maximum absolute atomic E-state index is 13.3. The minimum atomic E-state index is -4.83. The number of nitrogens with one attached hydrogen (secondary N) is 1. The number of aromatic nitrogens is 2. The Morgan fingerprint density at radius 1 is 1.13 bits per heavy atom. The summed E-state index contributed by atoms with van der Waals surface area (Å²) in [5, 5.41) is 3.62. The molecule has 1 fully saturated rings. The standard InChI is InChI=1S/C20H18ClF3N4O2/c21-15-11-13(30-20(22,23)24)5-6-17(15)28-18(12-27-9-7-25-8-10-27)26-16-4-2-1-3-14(16)19(28)29/h1-6,11,25H,7-10,12H2. The van der Waals surface area contributed by atoms with Crippen molar-refractivity contribution in [3.63, 3.8) is 0 Å². The first-order valence-electron chi connectivity index (χ1n) is 9.31. The average molecular weight is 439 g/mol. The highest BCUT2D eigenvalue weighted by Crippen LogP contribution is 2.30. The average Bonchev–Trinajstić information content (AvgIpc) is 2.69. The molecular weight excluding hydrogens is 421 g/mol. The second kappa shape index (κ2) is 8.25. The number of ether oxygens (including phenoxy) is 1. The van der Waals surface area contributed by atoms with Crippen molar-refractivity contribution in [2.24, 2.45) is 0 Å².